The van der Waals surface area contributed by atoms with Gasteiger partial charge in [0.1, 0.15) is 0 Å². The predicted molar refractivity (Wildman–Crippen MR) is 78.9 cm³/mol. The van der Waals surface area contributed by atoms with Gasteiger partial charge in [0.05, 0.1) is 5.60 Å². The topological polar surface area (TPSA) is 50.4 Å². The summed E-state index contributed by atoms with van der Waals surface area (Å²) < 4.78 is 5.69. The molecule has 2 unspecified atom stereocenters. The number of benzene rings is 1. The van der Waals surface area contributed by atoms with Crippen molar-refractivity contribution >= 4 is 11.6 Å². The molecule has 108 valence electrons. The molecule has 4 heteroatoms. The van der Waals surface area contributed by atoms with Crippen LogP contribution in [-0.4, -0.2) is 31.2 Å². The van der Waals surface area contributed by atoms with Gasteiger partial charge in [0.25, 0.3) is 0 Å². The summed E-state index contributed by atoms with van der Waals surface area (Å²) in [5.41, 5.74) is 2.25. The van der Waals surface area contributed by atoms with Crippen molar-refractivity contribution in [2.75, 3.05) is 25.0 Å². The SMILES string of the molecule is CC1(CNC(=O)CC2CNc3ccccc32)CCCO1. The van der Waals surface area contributed by atoms with Crippen molar-refractivity contribution in [3.05, 3.63) is 29.8 Å². The van der Waals surface area contributed by atoms with Crippen LogP contribution in [0.25, 0.3) is 0 Å². The summed E-state index contributed by atoms with van der Waals surface area (Å²) in [7, 11) is 0. The van der Waals surface area contributed by atoms with E-state index in [1.807, 2.05) is 12.1 Å². The maximum Gasteiger partial charge on any atom is 0.220 e. The average molecular weight is 274 g/mol. The quantitative estimate of drug-likeness (QED) is 0.885. The number of rotatable bonds is 4. The number of amides is 1. The fourth-order valence-corrected chi connectivity index (χ4v) is 3.10. The van der Waals surface area contributed by atoms with Gasteiger partial charge in [-0.05, 0) is 31.4 Å². The zero-order chi connectivity index (χ0) is 14.0. The van der Waals surface area contributed by atoms with E-state index in [0.29, 0.717) is 13.0 Å². The Balaban J connectivity index is 1.53. The van der Waals surface area contributed by atoms with Crippen LogP contribution >= 0.6 is 0 Å². The second kappa shape index (κ2) is 5.44. The van der Waals surface area contributed by atoms with Gasteiger partial charge in [-0.1, -0.05) is 18.2 Å². The van der Waals surface area contributed by atoms with Crippen molar-refractivity contribution in [1.29, 1.82) is 0 Å². The van der Waals surface area contributed by atoms with Crippen molar-refractivity contribution in [2.24, 2.45) is 0 Å². The summed E-state index contributed by atoms with van der Waals surface area (Å²) in [6.45, 7) is 4.35. The normalized spacial score (nSPS) is 27.9. The van der Waals surface area contributed by atoms with Crippen LogP contribution in [0.15, 0.2) is 24.3 Å². The van der Waals surface area contributed by atoms with E-state index in [1.54, 1.807) is 0 Å². The highest BCUT2D eigenvalue weighted by Crippen LogP contribution is 2.33. The highest BCUT2D eigenvalue weighted by molar-refractivity contribution is 5.78. The molecule has 1 fully saturated rings. The van der Waals surface area contributed by atoms with Crippen molar-refractivity contribution < 1.29 is 9.53 Å². The van der Waals surface area contributed by atoms with Gasteiger partial charge in [-0.25, -0.2) is 0 Å². The number of anilines is 1. The third kappa shape index (κ3) is 2.80. The molecule has 0 aliphatic carbocycles. The molecular formula is C16H22N2O2. The van der Waals surface area contributed by atoms with Gasteiger partial charge in [0.2, 0.25) is 5.91 Å². The van der Waals surface area contributed by atoms with E-state index >= 15 is 0 Å². The van der Waals surface area contributed by atoms with Crippen LogP contribution in [0, 0.1) is 0 Å². The Labute approximate surface area is 119 Å². The number of hydrogen-bond acceptors (Lipinski definition) is 3. The monoisotopic (exact) mass is 274 g/mol. The summed E-state index contributed by atoms with van der Waals surface area (Å²) in [5.74, 6) is 0.397. The van der Waals surface area contributed by atoms with E-state index in [0.717, 1.165) is 31.7 Å². The molecule has 1 amide bonds. The lowest BCUT2D eigenvalue weighted by Crippen LogP contribution is -2.40. The zero-order valence-electron chi connectivity index (χ0n) is 11.9. The second-order valence-electron chi connectivity index (χ2n) is 6.05. The lowest BCUT2D eigenvalue weighted by Gasteiger charge is -2.23. The van der Waals surface area contributed by atoms with Crippen molar-refractivity contribution in [3.63, 3.8) is 0 Å². The minimum Gasteiger partial charge on any atom is -0.384 e. The molecule has 4 nitrogen and oxygen atoms in total. The Morgan fingerprint density at radius 1 is 1.50 bits per heavy atom. The fourth-order valence-electron chi connectivity index (χ4n) is 3.10. The number of fused-ring (bicyclic) bond motifs is 1. The number of ether oxygens (including phenoxy) is 1. The molecule has 2 heterocycles. The minimum atomic E-state index is -0.165. The molecule has 1 aromatic rings. The van der Waals surface area contributed by atoms with Crippen LogP contribution in [0.1, 0.15) is 37.7 Å². The van der Waals surface area contributed by atoms with Crippen molar-refractivity contribution in [1.82, 2.24) is 5.32 Å². The van der Waals surface area contributed by atoms with Gasteiger partial charge in [-0.15, -0.1) is 0 Å². The Kier molecular flexibility index (Phi) is 3.66. The number of para-hydroxylation sites is 1. The molecule has 3 rings (SSSR count). The third-order valence-electron chi connectivity index (χ3n) is 4.33. The highest BCUT2D eigenvalue weighted by atomic mass is 16.5. The van der Waals surface area contributed by atoms with Crippen molar-refractivity contribution in [3.8, 4) is 0 Å². The lowest BCUT2D eigenvalue weighted by molar-refractivity contribution is -0.122. The molecule has 0 saturated carbocycles. The van der Waals surface area contributed by atoms with E-state index in [4.69, 9.17) is 4.74 Å². The Morgan fingerprint density at radius 3 is 3.15 bits per heavy atom. The van der Waals surface area contributed by atoms with E-state index in [9.17, 15) is 4.79 Å². The Morgan fingerprint density at radius 2 is 2.35 bits per heavy atom. The van der Waals surface area contributed by atoms with Crippen LogP contribution in [0.3, 0.4) is 0 Å². The first-order chi connectivity index (χ1) is 9.66. The van der Waals surface area contributed by atoms with Gasteiger partial charge >= 0.3 is 0 Å². The molecule has 1 saturated heterocycles. The molecular weight excluding hydrogens is 252 g/mol. The summed E-state index contributed by atoms with van der Waals surface area (Å²) >= 11 is 0. The molecule has 2 aliphatic rings. The van der Waals surface area contributed by atoms with E-state index in [2.05, 4.69) is 29.7 Å². The van der Waals surface area contributed by atoms with E-state index in [-0.39, 0.29) is 17.4 Å². The van der Waals surface area contributed by atoms with Gasteiger partial charge in [-0.3, -0.25) is 4.79 Å². The first-order valence-corrected chi connectivity index (χ1v) is 7.40. The van der Waals surface area contributed by atoms with Gasteiger partial charge < -0.3 is 15.4 Å². The second-order valence-corrected chi connectivity index (χ2v) is 6.05. The smallest absolute Gasteiger partial charge is 0.220 e. The summed E-state index contributed by atoms with van der Waals surface area (Å²) in [5, 5.41) is 6.39. The zero-order valence-corrected chi connectivity index (χ0v) is 11.9. The molecule has 1 aromatic carbocycles. The first-order valence-electron chi connectivity index (χ1n) is 7.40. The fraction of sp³-hybridized carbons (Fsp3) is 0.562. The van der Waals surface area contributed by atoms with Crippen LogP contribution in [-0.2, 0) is 9.53 Å². The van der Waals surface area contributed by atoms with Gasteiger partial charge in [-0.2, -0.15) is 0 Å². The number of hydrogen-bond donors (Lipinski definition) is 2. The average Bonchev–Trinajstić information content (AvgIpc) is 3.05. The lowest BCUT2D eigenvalue weighted by atomic mass is 9.97. The van der Waals surface area contributed by atoms with Gasteiger partial charge in [0, 0.05) is 37.7 Å². The van der Waals surface area contributed by atoms with Crippen LogP contribution in [0.5, 0.6) is 0 Å². The summed E-state index contributed by atoms with van der Waals surface area (Å²) in [6, 6.07) is 8.23. The molecule has 2 aliphatic heterocycles. The summed E-state index contributed by atoms with van der Waals surface area (Å²) in [6.07, 6.45) is 2.66. The molecule has 0 radical (unpaired) electrons. The van der Waals surface area contributed by atoms with Crippen LogP contribution in [0.2, 0.25) is 0 Å². The number of carbonyl (C=O) groups is 1. The standard InChI is InChI=1S/C16H22N2O2/c1-16(7-4-8-20-16)11-18-15(19)9-12-10-17-14-6-3-2-5-13(12)14/h2-3,5-6,12,17H,4,7-11H2,1H3,(H,18,19). The maximum atomic E-state index is 12.1. The largest absolute Gasteiger partial charge is 0.384 e. The van der Waals surface area contributed by atoms with E-state index in [1.165, 1.54) is 5.56 Å². The van der Waals surface area contributed by atoms with Gasteiger partial charge in [0.15, 0.2) is 0 Å². The molecule has 2 atom stereocenters. The first kappa shape index (κ1) is 13.4. The summed E-state index contributed by atoms with van der Waals surface area (Å²) in [4.78, 5) is 12.1. The maximum absolute atomic E-state index is 12.1. The highest BCUT2D eigenvalue weighted by Gasteiger charge is 2.31. The molecule has 20 heavy (non-hydrogen) atoms. The Hall–Kier alpha value is -1.55. The molecule has 2 N–H and O–H groups in total. The predicted octanol–water partition coefficient (Wildman–Crippen LogP) is 2.27. The number of carbonyl (C=O) groups excluding carboxylic acids is 1. The molecule has 0 spiro atoms. The van der Waals surface area contributed by atoms with E-state index < -0.39 is 0 Å². The number of nitrogens with one attached hydrogen (secondary N) is 2. The minimum absolute atomic E-state index is 0.116. The van der Waals surface area contributed by atoms with Crippen LogP contribution in [0.4, 0.5) is 5.69 Å². The molecule has 0 aromatic heterocycles. The van der Waals surface area contributed by atoms with Crippen molar-refractivity contribution in [2.45, 2.75) is 37.7 Å². The van der Waals surface area contributed by atoms with Crippen LogP contribution < -0.4 is 10.6 Å². The molecule has 0 bridgehead atoms. The third-order valence-corrected chi connectivity index (χ3v) is 4.33. The Bertz CT molecular complexity index is 495.